The zero-order chi connectivity index (χ0) is 25.5. The summed E-state index contributed by atoms with van der Waals surface area (Å²) in [5.74, 6) is -0.874. The molecule has 8 heteroatoms. The lowest BCUT2D eigenvalue weighted by Crippen LogP contribution is -2.54. The number of nitrogens with one attached hydrogen (secondary N) is 1. The zero-order valence-electron chi connectivity index (χ0n) is 20.4. The fourth-order valence-electron chi connectivity index (χ4n) is 4.71. The normalized spacial score (nSPS) is 18.4. The van der Waals surface area contributed by atoms with Gasteiger partial charge in [0, 0.05) is 22.8 Å². The number of imide groups is 2. The Morgan fingerprint density at radius 2 is 1.77 bits per heavy atom. The molecule has 0 aromatic heterocycles. The first-order valence-corrected chi connectivity index (χ1v) is 11.9. The molecule has 2 aliphatic rings. The van der Waals surface area contributed by atoms with Crippen molar-refractivity contribution in [3.05, 3.63) is 64.2 Å². The molecule has 1 saturated heterocycles. The number of allylic oxidation sites excluding steroid dienone is 1. The maximum atomic E-state index is 13.3. The van der Waals surface area contributed by atoms with Gasteiger partial charge in [-0.3, -0.25) is 14.9 Å². The Morgan fingerprint density at radius 3 is 2.40 bits per heavy atom. The number of urea groups is 1. The van der Waals surface area contributed by atoms with Crippen LogP contribution in [0.3, 0.4) is 0 Å². The molecule has 182 valence electrons. The van der Waals surface area contributed by atoms with Crippen LogP contribution in [0.2, 0.25) is 5.02 Å². The molecule has 0 bridgehead atoms. The van der Waals surface area contributed by atoms with Crippen molar-refractivity contribution in [3.63, 3.8) is 0 Å². The fourth-order valence-corrected chi connectivity index (χ4v) is 4.92. The van der Waals surface area contributed by atoms with Crippen LogP contribution < -0.4 is 19.9 Å². The Balaban J connectivity index is 1.75. The van der Waals surface area contributed by atoms with Crippen LogP contribution in [0.4, 0.5) is 16.2 Å². The molecule has 2 aromatic rings. The molecule has 1 N–H and O–H groups in total. The summed E-state index contributed by atoms with van der Waals surface area (Å²) in [7, 11) is 0. The Hall–Kier alpha value is -3.58. The van der Waals surface area contributed by atoms with E-state index < -0.39 is 17.8 Å². The number of likely N-dealkylation sites (N-methyl/N-ethyl adjacent to an activating group) is 1. The molecular formula is C27H28ClN3O4. The predicted molar refractivity (Wildman–Crippen MR) is 139 cm³/mol. The van der Waals surface area contributed by atoms with Crippen LogP contribution in [0.25, 0.3) is 11.6 Å². The van der Waals surface area contributed by atoms with Gasteiger partial charge in [-0.1, -0.05) is 17.7 Å². The van der Waals surface area contributed by atoms with Gasteiger partial charge >= 0.3 is 6.03 Å². The Bertz CT molecular complexity index is 1280. The van der Waals surface area contributed by atoms with Crippen LogP contribution in [0.15, 0.2) is 48.0 Å². The van der Waals surface area contributed by atoms with Crippen LogP contribution in [-0.4, -0.2) is 36.5 Å². The number of benzene rings is 2. The van der Waals surface area contributed by atoms with Crippen molar-refractivity contribution in [2.45, 2.75) is 40.2 Å². The van der Waals surface area contributed by atoms with Crippen molar-refractivity contribution in [1.29, 1.82) is 0 Å². The number of anilines is 2. The van der Waals surface area contributed by atoms with Crippen molar-refractivity contribution < 1.29 is 19.1 Å². The quantitative estimate of drug-likeness (QED) is 0.444. The van der Waals surface area contributed by atoms with Gasteiger partial charge in [-0.25, -0.2) is 9.69 Å². The zero-order valence-corrected chi connectivity index (χ0v) is 21.2. The first-order valence-electron chi connectivity index (χ1n) is 11.5. The van der Waals surface area contributed by atoms with Crippen molar-refractivity contribution >= 4 is 52.5 Å². The van der Waals surface area contributed by atoms with Gasteiger partial charge in [0.1, 0.15) is 11.3 Å². The van der Waals surface area contributed by atoms with Gasteiger partial charge in [0.05, 0.1) is 17.8 Å². The van der Waals surface area contributed by atoms with E-state index in [1.807, 2.05) is 26.0 Å². The summed E-state index contributed by atoms with van der Waals surface area (Å²) in [4.78, 5) is 41.7. The molecular weight excluding hydrogens is 466 g/mol. The van der Waals surface area contributed by atoms with Crippen molar-refractivity contribution in [1.82, 2.24) is 5.32 Å². The second kappa shape index (κ2) is 9.23. The molecule has 0 spiro atoms. The van der Waals surface area contributed by atoms with E-state index >= 15 is 0 Å². The molecule has 35 heavy (non-hydrogen) atoms. The highest BCUT2D eigenvalue weighted by Gasteiger charge is 2.37. The number of halogens is 1. The SMILES string of the molecule is CCOc1ccc(N2C(=O)NC(=O)/C(=C/c3cc4c(cc3Cl)N(CC)C(C)(C)C=C4C)C2=O)cc1. The minimum Gasteiger partial charge on any atom is -0.494 e. The Labute approximate surface area is 210 Å². The number of rotatable bonds is 5. The maximum Gasteiger partial charge on any atom is 0.335 e. The highest BCUT2D eigenvalue weighted by molar-refractivity contribution is 6.40. The Morgan fingerprint density at radius 1 is 1.09 bits per heavy atom. The standard InChI is InChI=1S/C27H28ClN3O4/c1-6-30-23-14-22(28)17(12-20(23)16(3)15-27(30,4)5)13-21-24(32)29-26(34)31(25(21)33)18-8-10-19(11-9-18)35-7-2/h8-15H,6-7H2,1-5H3,(H,29,32,34)/b21-13-. The Kier molecular flexibility index (Phi) is 6.47. The van der Waals surface area contributed by atoms with Crippen LogP contribution in [-0.2, 0) is 9.59 Å². The lowest BCUT2D eigenvalue weighted by Gasteiger charge is -2.43. The first-order chi connectivity index (χ1) is 16.6. The molecule has 0 atom stereocenters. The number of fused-ring (bicyclic) bond motifs is 1. The third-order valence-electron chi connectivity index (χ3n) is 6.22. The van der Waals surface area contributed by atoms with Gasteiger partial charge in [0.15, 0.2) is 0 Å². The smallest absolute Gasteiger partial charge is 0.335 e. The molecule has 1 fully saturated rings. The second-order valence-corrected chi connectivity index (χ2v) is 9.41. The van der Waals surface area contributed by atoms with E-state index in [1.54, 1.807) is 24.3 Å². The summed E-state index contributed by atoms with van der Waals surface area (Å²) in [6, 6.07) is 9.45. The van der Waals surface area contributed by atoms with E-state index in [1.165, 1.54) is 6.08 Å². The minimum atomic E-state index is -0.808. The lowest BCUT2D eigenvalue weighted by atomic mass is 9.87. The average Bonchev–Trinajstić information content (AvgIpc) is 2.78. The summed E-state index contributed by atoms with van der Waals surface area (Å²) in [5, 5.41) is 2.66. The van der Waals surface area contributed by atoms with Crippen LogP contribution in [0.5, 0.6) is 5.75 Å². The number of carbonyl (C=O) groups excluding carboxylic acids is 3. The van der Waals surface area contributed by atoms with E-state index in [4.69, 9.17) is 16.3 Å². The van der Waals surface area contributed by atoms with Gasteiger partial charge in [-0.05, 0) is 88.2 Å². The second-order valence-electron chi connectivity index (χ2n) is 9.00. The molecule has 0 aliphatic carbocycles. The summed E-state index contributed by atoms with van der Waals surface area (Å²) < 4.78 is 5.42. The van der Waals surface area contributed by atoms with E-state index in [9.17, 15) is 14.4 Å². The number of hydrogen-bond acceptors (Lipinski definition) is 5. The van der Waals surface area contributed by atoms with Gasteiger partial charge in [-0.15, -0.1) is 0 Å². The molecule has 0 radical (unpaired) electrons. The summed E-state index contributed by atoms with van der Waals surface area (Å²) >= 11 is 6.64. The summed E-state index contributed by atoms with van der Waals surface area (Å²) in [6.45, 7) is 11.6. The number of hydrogen-bond donors (Lipinski definition) is 1. The molecule has 7 nitrogen and oxygen atoms in total. The predicted octanol–water partition coefficient (Wildman–Crippen LogP) is 5.43. The molecule has 0 saturated carbocycles. The van der Waals surface area contributed by atoms with E-state index in [2.05, 4.69) is 37.1 Å². The minimum absolute atomic E-state index is 0.174. The number of barbiturate groups is 1. The molecule has 4 rings (SSSR count). The molecule has 2 aromatic carbocycles. The molecule has 4 amide bonds. The summed E-state index contributed by atoms with van der Waals surface area (Å²) in [6.07, 6.45) is 3.63. The number of carbonyl (C=O) groups is 3. The third kappa shape index (κ3) is 4.44. The lowest BCUT2D eigenvalue weighted by molar-refractivity contribution is -0.122. The number of nitrogens with zero attached hydrogens (tertiary/aromatic N) is 2. The monoisotopic (exact) mass is 493 g/mol. The van der Waals surface area contributed by atoms with Crippen molar-refractivity contribution in [3.8, 4) is 5.75 Å². The van der Waals surface area contributed by atoms with E-state index in [0.29, 0.717) is 28.6 Å². The van der Waals surface area contributed by atoms with E-state index in [0.717, 1.165) is 28.3 Å². The van der Waals surface area contributed by atoms with Gasteiger partial charge in [-0.2, -0.15) is 0 Å². The fraction of sp³-hybridized carbons (Fsp3) is 0.296. The number of amides is 4. The highest BCUT2D eigenvalue weighted by Crippen LogP contribution is 2.41. The topological polar surface area (TPSA) is 79.0 Å². The summed E-state index contributed by atoms with van der Waals surface area (Å²) in [5.41, 5.74) is 3.55. The highest BCUT2D eigenvalue weighted by atomic mass is 35.5. The first kappa shape index (κ1) is 24.5. The van der Waals surface area contributed by atoms with Gasteiger partial charge < -0.3 is 9.64 Å². The van der Waals surface area contributed by atoms with Gasteiger partial charge in [0.25, 0.3) is 11.8 Å². The third-order valence-corrected chi connectivity index (χ3v) is 6.55. The van der Waals surface area contributed by atoms with Crippen LogP contribution in [0, 0.1) is 0 Å². The largest absolute Gasteiger partial charge is 0.494 e. The number of ether oxygens (including phenoxy) is 1. The van der Waals surface area contributed by atoms with Crippen LogP contribution in [0.1, 0.15) is 45.7 Å². The molecule has 2 aliphatic heterocycles. The van der Waals surface area contributed by atoms with Gasteiger partial charge in [0.2, 0.25) is 0 Å². The average molecular weight is 494 g/mol. The maximum absolute atomic E-state index is 13.3. The van der Waals surface area contributed by atoms with E-state index in [-0.39, 0.29) is 11.1 Å². The van der Waals surface area contributed by atoms with Crippen molar-refractivity contribution in [2.75, 3.05) is 23.0 Å². The molecule has 2 heterocycles. The van der Waals surface area contributed by atoms with Crippen molar-refractivity contribution in [2.24, 2.45) is 0 Å². The molecule has 0 unspecified atom stereocenters. The van der Waals surface area contributed by atoms with Crippen LogP contribution >= 0.6 is 11.6 Å².